The summed E-state index contributed by atoms with van der Waals surface area (Å²) in [6.07, 6.45) is 5.49. The molecule has 3 nitrogen and oxygen atoms in total. The minimum absolute atomic E-state index is 0.310. The second kappa shape index (κ2) is 5.00. The lowest BCUT2D eigenvalue weighted by Gasteiger charge is -2.18. The molecule has 0 bridgehead atoms. The van der Waals surface area contributed by atoms with Crippen LogP contribution < -0.4 is 0 Å². The number of aliphatic hydroxyl groups is 1. The molecule has 0 radical (unpaired) electrons. The van der Waals surface area contributed by atoms with E-state index in [1.807, 2.05) is 4.68 Å². The summed E-state index contributed by atoms with van der Waals surface area (Å²) in [4.78, 5) is 0. The molecule has 16 heavy (non-hydrogen) atoms. The van der Waals surface area contributed by atoms with E-state index < -0.39 is 0 Å². The summed E-state index contributed by atoms with van der Waals surface area (Å²) in [6, 6.07) is 2.08. The molecule has 1 unspecified atom stereocenters. The Balaban J connectivity index is 2.20. The van der Waals surface area contributed by atoms with Gasteiger partial charge in [-0.2, -0.15) is 5.10 Å². The number of rotatable bonds is 4. The van der Waals surface area contributed by atoms with Gasteiger partial charge in [-0.05, 0) is 38.2 Å². The van der Waals surface area contributed by atoms with Crippen LogP contribution in [0.2, 0.25) is 0 Å². The van der Waals surface area contributed by atoms with E-state index in [-0.39, 0.29) is 6.10 Å². The van der Waals surface area contributed by atoms with Crippen molar-refractivity contribution in [1.29, 1.82) is 0 Å². The van der Waals surface area contributed by atoms with Gasteiger partial charge in [0, 0.05) is 6.54 Å². The van der Waals surface area contributed by atoms with Gasteiger partial charge in [-0.3, -0.25) is 4.68 Å². The van der Waals surface area contributed by atoms with Gasteiger partial charge in [-0.25, -0.2) is 0 Å². The maximum atomic E-state index is 10.4. The van der Waals surface area contributed by atoms with E-state index >= 15 is 0 Å². The number of aromatic nitrogens is 2. The first-order valence-corrected chi connectivity index (χ1v) is 6.51. The average Bonchev–Trinajstić information content (AvgIpc) is 2.96. The lowest BCUT2D eigenvalue weighted by molar-refractivity contribution is 0.102. The fourth-order valence-corrected chi connectivity index (χ4v) is 2.67. The Hall–Kier alpha value is -0.830. The Morgan fingerprint density at radius 3 is 2.69 bits per heavy atom. The molecule has 1 aromatic heterocycles. The molecule has 1 saturated carbocycles. The molecule has 90 valence electrons. The van der Waals surface area contributed by atoms with Crippen molar-refractivity contribution in [3.63, 3.8) is 0 Å². The molecule has 0 amide bonds. The minimum atomic E-state index is -0.310. The standard InChI is InChI=1S/C13H22N2O/c1-3-11-9-12(15(4-2)14-11)13(16)10-7-5-6-8-10/h9-10,13,16H,3-8H2,1-2H3. The molecule has 3 heteroatoms. The van der Waals surface area contributed by atoms with E-state index in [4.69, 9.17) is 0 Å². The fraction of sp³-hybridized carbons (Fsp3) is 0.769. The zero-order valence-electron chi connectivity index (χ0n) is 10.3. The average molecular weight is 222 g/mol. The number of hydrogen-bond acceptors (Lipinski definition) is 2. The molecule has 1 aliphatic rings. The second-order valence-electron chi connectivity index (χ2n) is 4.72. The van der Waals surface area contributed by atoms with Crippen molar-refractivity contribution in [3.05, 3.63) is 17.5 Å². The highest BCUT2D eigenvalue weighted by molar-refractivity contribution is 5.14. The topological polar surface area (TPSA) is 38.0 Å². The number of aliphatic hydroxyl groups excluding tert-OH is 1. The molecule has 2 rings (SSSR count). The Bertz CT molecular complexity index is 340. The van der Waals surface area contributed by atoms with Crippen LogP contribution in [0.1, 0.15) is 57.0 Å². The summed E-state index contributed by atoms with van der Waals surface area (Å²) in [5.74, 6) is 0.451. The van der Waals surface area contributed by atoms with Crippen molar-refractivity contribution < 1.29 is 5.11 Å². The molecule has 0 aliphatic heterocycles. The maximum absolute atomic E-state index is 10.4. The van der Waals surface area contributed by atoms with Crippen LogP contribution in [0.15, 0.2) is 6.07 Å². The van der Waals surface area contributed by atoms with Gasteiger partial charge in [0.1, 0.15) is 0 Å². The maximum Gasteiger partial charge on any atom is 0.0984 e. The zero-order chi connectivity index (χ0) is 11.5. The Kier molecular flexibility index (Phi) is 3.64. The van der Waals surface area contributed by atoms with Crippen molar-refractivity contribution in [2.75, 3.05) is 0 Å². The predicted octanol–water partition coefficient (Wildman–Crippen LogP) is 2.69. The summed E-state index contributed by atoms with van der Waals surface area (Å²) in [6.45, 7) is 5.03. The van der Waals surface area contributed by atoms with Crippen molar-refractivity contribution in [2.24, 2.45) is 5.92 Å². The highest BCUT2D eigenvalue weighted by Crippen LogP contribution is 2.35. The van der Waals surface area contributed by atoms with Crippen LogP contribution >= 0.6 is 0 Å². The van der Waals surface area contributed by atoms with E-state index in [2.05, 4.69) is 25.0 Å². The van der Waals surface area contributed by atoms with E-state index in [0.29, 0.717) is 5.92 Å². The lowest BCUT2D eigenvalue weighted by atomic mass is 9.98. The van der Waals surface area contributed by atoms with E-state index in [1.165, 1.54) is 12.8 Å². The number of nitrogens with zero attached hydrogens (tertiary/aromatic N) is 2. The van der Waals surface area contributed by atoms with Crippen LogP contribution in [-0.2, 0) is 13.0 Å². The summed E-state index contributed by atoms with van der Waals surface area (Å²) in [7, 11) is 0. The Morgan fingerprint density at radius 2 is 2.12 bits per heavy atom. The molecular weight excluding hydrogens is 200 g/mol. The third-order valence-corrected chi connectivity index (χ3v) is 3.67. The lowest BCUT2D eigenvalue weighted by Crippen LogP contribution is -2.14. The summed E-state index contributed by atoms with van der Waals surface area (Å²) in [5, 5.41) is 14.9. The monoisotopic (exact) mass is 222 g/mol. The van der Waals surface area contributed by atoms with Crippen LogP contribution in [0.3, 0.4) is 0 Å². The molecule has 1 fully saturated rings. The van der Waals surface area contributed by atoms with Gasteiger partial charge >= 0.3 is 0 Å². The van der Waals surface area contributed by atoms with Gasteiger partial charge in [0.2, 0.25) is 0 Å². The van der Waals surface area contributed by atoms with Gasteiger partial charge in [0.05, 0.1) is 17.5 Å². The van der Waals surface area contributed by atoms with Crippen LogP contribution in [-0.4, -0.2) is 14.9 Å². The number of aryl methyl sites for hydroxylation is 2. The normalized spacial score (nSPS) is 19.2. The predicted molar refractivity (Wildman–Crippen MR) is 64.2 cm³/mol. The highest BCUT2D eigenvalue weighted by Gasteiger charge is 2.27. The van der Waals surface area contributed by atoms with E-state index in [1.54, 1.807) is 0 Å². The van der Waals surface area contributed by atoms with Crippen molar-refractivity contribution in [3.8, 4) is 0 Å². The third kappa shape index (κ3) is 2.14. The van der Waals surface area contributed by atoms with Gasteiger partial charge < -0.3 is 5.11 Å². The molecular formula is C13H22N2O. The van der Waals surface area contributed by atoms with Gasteiger partial charge in [-0.1, -0.05) is 19.8 Å². The third-order valence-electron chi connectivity index (χ3n) is 3.67. The molecule has 0 saturated heterocycles. The second-order valence-corrected chi connectivity index (χ2v) is 4.72. The van der Waals surface area contributed by atoms with Crippen LogP contribution in [0.4, 0.5) is 0 Å². The first-order chi connectivity index (χ1) is 7.76. The zero-order valence-corrected chi connectivity index (χ0v) is 10.3. The molecule has 0 aromatic carbocycles. The molecule has 0 spiro atoms. The smallest absolute Gasteiger partial charge is 0.0984 e. The van der Waals surface area contributed by atoms with Crippen LogP contribution in [0.5, 0.6) is 0 Å². The van der Waals surface area contributed by atoms with E-state index in [0.717, 1.165) is 37.2 Å². The molecule has 1 atom stereocenters. The van der Waals surface area contributed by atoms with Crippen molar-refractivity contribution in [2.45, 2.75) is 58.6 Å². The summed E-state index contributed by atoms with van der Waals surface area (Å²) >= 11 is 0. The SMILES string of the molecule is CCc1cc(C(O)C2CCCC2)n(CC)n1. The van der Waals surface area contributed by atoms with Gasteiger partial charge in [-0.15, -0.1) is 0 Å². The Morgan fingerprint density at radius 1 is 1.44 bits per heavy atom. The summed E-state index contributed by atoms with van der Waals surface area (Å²) < 4.78 is 1.96. The highest BCUT2D eigenvalue weighted by atomic mass is 16.3. The van der Waals surface area contributed by atoms with Crippen molar-refractivity contribution >= 4 is 0 Å². The van der Waals surface area contributed by atoms with Gasteiger partial charge in [0.15, 0.2) is 0 Å². The molecule has 1 aromatic rings. The van der Waals surface area contributed by atoms with Crippen LogP contribution in [0.25, 0.3) is 0 Å². The van der Waals surface area contributed by atoms with Crippen LogP contribution in [0, 0.1) is 5.92 Å². The molecule has 1 aliphatic carbocycles. The molecule has 1 N–H and O–H groups in total. The minimum Gasteiger partial charge on any atom is -0.387 e. The fourth-order valence-electron chi connectivity index (χ4n) is 2.67. The van der Waals surface area contributed by atoms with Gasteiger partial charge in [0.25, 0.3) is 0 Å². The first-order valence-electron chi connectivity index (χ1n) is 6.51. The Labute approximate surface area is 97.5 Å². The molecule has 1 heterocycles. The van der Waals surface area contributed by atoms with Crippen molar-refractivity contribution in [1.82, 2.24) is 9.78 Å². The quantitative estimate of drug-likeness (QED) is 0.850. The number of hydrogen-bond donors (Lipinski definition) is 1. The first kappa shape index (κ1) is 11.6. The largest absolute Gasteiger partial charge is 0.387 e. The van der Waals surface area contributed by atoms with E-state index in [9.17, 15) is 5.11 Å². The summed E-state index contributed by atoms with van der Waals surface area (Å²) in [5.41, 5.74) is 2.11.